The van der Waals surface area contributed by atoms with E-state index >= 15 is 0 Å². The number of rotatable bonds is 3. The molecule has 0 radical (unpaired) electrons. The molecular weight excluding hydrogens is 242 g/mol. The molecule has 6 heteroatoms. The van der Waals surface area contributed by atoms with Crippen LogP contribution in [0, 0.1) is 0 Å². The normalized spacial score (nSPS) is 10.0. The van der Waals surface area contributed by atoms with Gasteiger partial charge in [-0.05, 0) is 12.1 Å². The van der Waals surface area contributed by atoms with E-state index in [0.717, 1.165) is 0 Å². The third-order valence-electron chi connectivity index (χ3n) is 2.05. The highest BCUT2D eigenvalue weighted by molar-refractivity contribution is 6.30. The summed E-state index contributed by atoms with van der Waals surface area (Å²) in [7, 11) is 1.49. The number of halogens is 1. The highest BCUT2D eigenvalue weighted by Crippen LogP contribution is 2.29. The van der Waals surface area contributed by atoms with Crippen LogP contribution in [0.5, 0.6) is 17.4 Å². The van der Waals surface area contributed by atoms with Gasteiger partial charge in [0.05, 0.1) is 12.8 Å². The second kappa shape index (κ2) is 4.88. The van der Waals surface area contributed by atoms with Crippen LogP contribution in [-0.4, -0.2) is 17.3 Å². The van der Waals surface area contributed by atoms with Crippen LogP contribution in [0.1, 0.15) is 0 Å². The smallest absolute Gasteiger partial charge is 0.242 e. The van der Waals surface area contributed by atoms with E-state index in [1.807, 2.05) is 12.1 Å². The fourth-order valence-electron chi connectivity index (χ4n) is 1.22. The van der Waals surface area contributed by atoms with Gasteiger partial charge in [0.15, 0.2) is 16.7 Å². The zero-order valence-electron chi connectivity index (χ0n) is 9.05. The summed E-state index contributed by atoms with van der Waals surface area (Å²) < 4.78 is 10.5. The number of benzene rings is 1. The van der Waals surface area contributed by atoms with Crippen molar-refractivity contribution in [3.05, 3.63) is 35.5 Å². The van der Waals surface area contributed by atoms with Gasteiger partial charge in [-0.1, -0.05) is 23.7 Å². The summed E-state index contributed by atoms with van der Waals surface area (Å²) in [6.45, 7) is 0. The van der Waals surface area contributed by atoms with Crippen molar-refractivity contribution in [3.63, 3.8) is 0 Å². The highest BCUT2D eigenvalue weighted by Gasteiger charge is 2.08. The molecule has 0 bridgehead atoms. The molecule has 0 unspecified atom stereocenters. The molecule has 0 saturated heterocycles. The van der Waals surface area contributed by atoms with Crippen LogP contribution in [0.3, 0.4) is 0 Å². The molecule has 2 rings (SSSR count). The van der Waals surface area contributed by atoms with Crippen LogP contribution in [0.15, 0.2) is 30.3 Å². The fraction of sp³-hybridized carbons (Fsp3) is 0.0909. The quantitative estimate of drug-likeness (QED) is 0.849. The molecule has 1 aromatic carbocycles. The Balaban J connectivity index is 2.28. The van der Waals surface area contributed by atoms with Crippen molar-refractivity contribution in [2.45, 2.75) is 0 Å². The molecule has 0 saturated carbocycles. The third kappa shape index (κ3) is 2.57. The van der Waals surface area contributed by atoms with E-state index < -0.39 is 0 Å². The summed E-state index contributed by atoms with van der Waals surface area (Å²) in [5, 5.41) is 7.67. The van der Waals surface area contributed by atoms with E-state index in [1.165, 1.54) is 7.11 Å². The zero-order chi connectivity index (χ0) is 12.3. The Labute approximate surface area is 103 Å². The second-order valence-corrected chi connectivity index (χ2v) is 3.54. The topological polar surface area (TPSA) is 70.3 Å². The van der Waals surface area contributed by atoms with Gasteiger partial charge in [0.2, 0.25) is 5.88 Å². The van der Waals surface area contributed by atoms with E-state index in [9.17, 15) is 0 Å². The lowest BCUT2D eigenvalue weighted by Crippen LogP contribution is -1.96. The molecule has 1 aromatic heterocycles. The van der Waals surface area contributed by atoms with Crippen LogP contribution in [-0.2, 0) is 0 Å². The SMILES string of the molecule is COc1cc(Oc2ccccc2N)nnc1Cl. The molecular formula is C11H10ClN3O2. The number of para-hydroxylation sites is 2. The monoisotopic (exact) mass is 251 g/mol. The van der Waals surface area contributed by atoms with E-state index in [-0.39, 0.29) is 11.0 Å². The fourth-order valence-corrected chi connectivity index (χ4v) is 1.39. The largest absolute Gasteiger partial charge is 0.493 e. The maximum atomic E-state index is 5.75. The molecule has 88 valence electrons. The summed E-state index contributed by atoms with van der Waals surface area (Å²) >= 11 is 5.75. The minimum absolute atomic E-state index is 0.181. The number of nitrogens with zero attached hydrogens (tertiary/aromatic N) is 2. The number of nitrogen functional groups attached to an aromatic ring is 1. The summed E-state index contributed by atoms with van der Waals surface area (Å²) in [5.41, 5.74) is 6.26. The molecule has 17 heavy (non-hydrogen) atoms. The second-order valence-electron chi connectivity index (χ2n) is 3.18. The number of nitrogens with two attached hydrogens (primary N) is 1. The van der Waals surface area contributed by atoms with Gasteiger partial charge in [0.1, 0.15) is 0 Å². The number of ether oxygens (including phenoxy) is 2. The Hall–Kier alpha value is -2.01. The Morgan fingerprint density at radius 1 is 1.18 bits per heavy atom. The summed E-state index contributed by atoms with van der Waals surface area (Å²) in [6.07, 6.45) is 0. The predicted molar refractivity (Wildman–Crippen MR) is 64.5 cm³/mol. The molecule has 1 heterocycles. The maximum absolute atomic E-state index is 5.75. The summed E-state index contributed by atoms with van der Waals surface area (Å²) in [5.74, 6) is 1.17. The van der Waals surface area contributed by atoms with Crippen LogP contribution >= 0.6 is 11.6 Å². The minimum Gasteiger partial charge on any atom is -0.493 e. The van der Waals surface area contributed by atoms with Gasteiger partial charge in [-0.15, -0.1) is 10.2 Å². The van der Waals surface area contributed by atoms with Gasteiger partial charge in [-0.3, -0.25) is 0 Å². The van der Waals surface area contributed by atoms with Crippen molar-refractivity contribution < 1.29 is 9.47 Å². The van der Waals surface area contributed by atoms with Gasteiger partial charge in [0, 0.05) is 6.07 Å². The Morgan fingerprint density at radius 3 is 2.65 bits per heavy atom. The van der Waals surface area contributed by atoms with Crippen molar-refractivity contribution in [2.75, 3.05) is 12.8 Å². The number of anilines is 1. The standard InChI is InChI=1S/C11H10ClN3O2/c1-16-9-6-10(14-15-11(9)12)17-8-5-3-2-4-7(8)13/h2-6H,13H2,1H3. The molecule has 2 N–H and O–H groups in total. The maximum Gasteiger partial charge on any atom is 0.242 e. The summed E-state index contributed by atoms with van der Waals surface area (Å²) in [4.78, 5) is 0. The Kier molecular flexibility index (Phi) is 3.30. The van der Waals surface area contributed by atoms with Crippen molar-refractivity contribution in [1.82, 2.24) is 10.2 Å². The zero-order valence-corrected chi connectivity index (χ0v) is 9.81. The molecule has 0 aliphatic carbocycles. The number of hydrogen-bond donors (Lipinski definition) is 1. The average Bonchev–Trinajstić information content (AvgIpc) is 2.34. The van der Waals surface area contributed by atoms with Gasteiger partial charge in [-0.25, -0.2) is 0 Å². The molecule has 0 amide bonds. The van der Waals surface area contributed by atoms with Crippen LogP contribution in [0.25, 0.3) is 0 Å². The molecule has 2 aromatic rings. The molecule has 0 aliphatic rings. The molecule has 0 atom stereocenters. The number of hydrogen-bond acceptors (Lipinski definition) is 5. The van der Waals surface area contributed by atoms with Crippen LogP contribution in [0.4, 0.5) is 5.69 Å². The first-order chi connectivity index (χ1) is 8.20. The first-order valence-electron chi connectivity index (χ1n) is 4.80. The lowest BCUT2D eigenvalue weighted by molar-refractivity contribution is 0.400. The molecule has 5 nitrogen and oxygen atoms in total. The minimum atomic E-state index is 0.181. The third-order valence-corrected chi connectivity index (χ3v) is 2.31. The van der Waals surface area contributed by atoms with Gasteiger partial charge >= 0.3 is 0 Å². The Bertz CT molecular complexity index is 534. The summed E-state index contributed by atoms with van der Waals surface area (Å²) in [6, 6.07) is 8.64. The van der Waals surface area contributed by atoms with Crippen LogP contribution in [0.2, 0.25) is 5.15 Å². The van der Waals surface area contributed by atoms with E-state index in [2.05, 4.69) is 10.2 Å². The lowest BCUT2D eigenvalue weighted by atomic mass is 10.3. The Morgan fingerprint density at radius 2 is 1.94 bits per heavy atom. The van der Waals surface area contributed by atoms with Crippen molar-refractivity contribution in [2.24, 2.45) is 0 Å². The van der Waals surface area contributed by atoms with E-state index in [1.54, 1.807) is 18.2 Å². The molecule has 0 fully saturated rings. The number of aromatic nitrogens is 2. The van der Waals surface area contributed by atoms with E-state index in [4.69, 9.17) is 26.8 Å². The van der Waals surface area contributed by atoms with Gasteiger partial charge in [-0.2, -0.15) is 0 Å². The number of methoxy groups -OCH3 is 1. The van der Waals surface area contributed by atoms with Gasteiger partial charge in [0.25, 0.3) is 0 Å². The molecule has 0 aliphatic heterocycles. The predicted octanol–water partition coefficient (Wildman–Crippen LogP) is 2.51. The lowest BCUT2D eigenvalue weighted by Gasteiger charge is -2.08. The van der Waals surface area contributed by atoms with Crippen molar-refractivity contribution >= 4 is 17.3 Å². The first kappa shape index (κ1) is 11.5. The van der Waals surface area contributed by atoms with Crippen molar-refractivity contribution in [1.29, 1.82) is 0 Å². The van der Waals surface area contributed by atoms with Crippen molar-refractivity contribution in [3.8, 4) is 17.4 Å². The van der Waals surface area contributed by atoms with E-state index in [0.29, 0.717) is 17.2 Å². The highest BCUT2D eigenvalue weighted by atomic mass is 35.5. The first-order valence-corrected chi connectivity index (χ1v) is 5.18. The van der Waals surface area contributed by atoms with Crippen LogP contribution < -0.4 is 15.2 Å². The molecule has 0 spiro atoms. The average molecular weight is 252 g/mol. The van der Waals surface area contributed by atoms with Gasteiger partial charge < -0.3 is 15.2 Å².